The third kappa shape index (κ3) is 6.28. The molecule has 0 spiro atoms. The third-order valence-electron chi connectivity index (χ3n) is 7.47. The van der Waals surface area contributed by atoms with Gasteiger partial charge in [0, 0.05) is 41.3 Å². The number of fused-ring (bicyclic) bond motifs is 1. The molecule has 1 aliphatic rings. The molecule has 0 saturated carbocycles. The van der Waals surface area contributed by atoms with Crippen LogP contribution in [0.2, 0.25) is 0 Å². The zero-order valence-electron chi connectivity index (χ0n) is 23.7. The first-order chi connectivity index (χ1) is 21.1. The molecule has 1 saturated heterocycles. The molecule has 1 fully saturated rings. The van der Waals surface area contributed by atoms with Gasteiger partial charge in [0.25, 0.3) is 11.8 Å². The number of imidazole rings is 1. The van der Waals surface area contributed by atoms with Gasteiger partial charge in [-0.3, -0.25) is 9.59 Å². The predicted molar refractivity (Wildman–Crippen MR) is 163 cm³/mol. The minimum atomic E-state index is -4.60. The van der Waals surface area contributed by atoms with E-state index < -0.39 is 17.9 Å². The average molecular weight is 600 g/mol. The van der Waals surface area contributed by atoms with Crippen molar-refractivity contribution in [2.24, 2.45) is 0 Å². The second-order valence-corrected chi connectivity index (χ2v) is 10.5. The summed E-state index contributed by atoms with van der Waals surface area (Å²) in [6, 6.07) is 24.4. The molecule has 8 nitrogen and oxygen atoms in total. The summed E-state index contributed by atoms with van der Waals surface area (Å²) in [6.45, 7) is 5.01. The quantitative estimate of drug-likeness (QED) is 0.197. The molecule has 2 heterocycles. The summed E-state index contributed by atoms with van der Waals surface area (Å²) in [5, 5.41) is 5.67. The zero-order chi connectivity index (χ0) is 30.8. The van der Waals surface area contributed by atoms with Crippen molar-refractivity contribution in [3.63, 3.8) is 0 Å². The maximum absolute atomic E-state index is 13.1. The molecule has 44 heavy (non-hydrogen) atoms. The lowest BCUT2D eigenvalue weighted by molar-refractivity contribution is -0.144. The van der Waals surface area contributed by atoms with E-state index in [1.54, 1.807) is 30.3 Å². The number of carbonyl (C=O) groups excluding carboxylic acids is 2. The lowest BCUT2D eigenvalue weighted by atomic mass is 9.97. The van der Waals surface area contributed by atoms with Gasteiger partial charge in [0.05, 0.1) is 24.2 Å². The Morgan fingerprint density at radius 3 is 2.16 bits per heavy atom. The highest BCUT2D eigenvalue weighted by atomic mass is 19.4. The number of aromatic amines is 1. The van der Waals surface area contributed by atoms with Gasteiger partial charge in [-0.15, -0.1) is 0 Å². The van der Waals surface area contributed by atoms with E-state index in [-0.39, 0.29) is 16.9 Å². The molecule has 6 rings (SSSR count). The zero-order valence-corrected chi connectivity index (χ0v) is 23.7. The van der Waals surface area contributed by atoms with Crippen LogP contribution in [0.5, 0.6) is 0 Å². The first kappa shape index (κ1) is 28.9. The van der Waals surface area contributed by atoms with Gasteiger partial charge < -0.3 is 25.3 Å². The summed E-state index contributed by atoms with van der Waals surface area (Å²) >= 11 is 0. The van der Waals surface area contributed by atoms with Gasteiger partial charge >= 0.3 is 6.18 Å². The van der Waals surface area contributed by atoms with Crippen LogP contribution >= 0.6 is 0 Å². The highest BCUT2D eigenvalue weighted by Gasteiger charge is 2.34. The van der Waals surface area contributed by atoms with Gasteiger partial charge in [-0.1, -0.05) is 18.2 Å². The molecule has 224 valence electrons. The van der Waals surface area contributed by atoms with Crippen LogP contribution in [-0.4, -0.2) is 48.1 Å². The first-order valence-corrected chi connectivity index (χ1v) is 14.0. The van der Waals surface area contributed by atoms with Gasteiger partial charge in [-0.2, -0.15) is 13.2 Å². The standard InChI is InChI=1S/C33H28F3N5O3/c1-20-2-3-23(31(43)37-24-8-11-26(12-9-24)41-14-16-44-17-15-41)18-27(20)21-4-6-22(7-5-21)30(42)38-25-10-13-28-29(19-25)40-32(39-28)33(34,35)36/h2-13,18-19H,14-17H2,1H3,(H,37,43)(H,38,42)(H,39,40). The minimum Gasteiger partial charge on any atom is -0.378 e. The molecule has 1 aliphatic heterocycles. The fourth-order valence-electron chi connectivity index (χ4n) is 5.08. The fraction of sp³-hybridized carbons (Fsp3) is 0.182. The highest BCUT2D eigenvalue weighted by molar-refractivity contribution is 6.06. The minimum absolute atomic E-state index is 0.146. The topological polar surface area (TPSA) is 99.3 Å². The van der Waals surface area contributed by atoms with E-state index in [0.717, 1.165) is 35.5 Å². The van der Waals surface area contributed by atoms with Crippen molar-refractivity contribution in [1.29, 1.82) is 0 Å². The number of rotatable bonds is 6. The van der Waals surface area contributed by atoms with Crippen molar-refractivity contribution in [3.8, 4) is 11.1 Å². The van der Waals surface area contributed by atoms with Gasteiger partial charge in [0.15, 0.2) is 0 Å². The van der Waals surface area contributed by atoms with Crippen LogP contribution < -0.4 is 15.5 Å². The smallest absolute Gasteiger partial charge is 0.378 e. The van der Waals surface area contributed by atoms with E-state index in [4.69, 9.17) is 4.74 Å². The number of halogens is 3. The Bertz CT molecular complexity index is 1830. The molecule has 0 aliphatic carbocycles. The molecule has 3 N–H and O–H groups in total. The Kier molecular flexibility index (Phi) is 7.79. The predicted octanol–water partition coefficient (Wildman–Crippen LogP) is 6.90. The Hall–Kier alpha value is -5.16. The van der Waals surface area contributed by atoms with Crippen LogP contribution in [0.25, 0.3) is 22.2 Å². The number of alkyl halides is 3. The Morgan fingerprint density at radius 2 is 1.45 bits per heavy atom. The maximum Gasteiger partial charge on any atom is 0.449 e. The van der Waals surface area contributed by atoms with E-state index in [9.17, 15) is 22.8 Å². The van der Waals surface area contributed by atoms with Crippen molar-refractivity contribution in [1.82, 2.24) is 9.97 Å². The van der Waals surface area contributed by atoms with E-state index in [0.29, 0.717) is 35.7 Å². The van der Waals surface area contributed by atoms with Gasteiger partial charge in [-0.25, -0.2) is 4.98 Å². The molecule has 0 radical (unpaired) electrons. The molecule has 11 heteroatoms. The largest absolute Gasteiger partial charge is 0.449 e. The van der Waals surface area contributed by atoms with Crippen molar-refractivity contribution < 1.29 is 27.5 Å². The van der Waals surface area contributed by atoms with Crippen molar-refractivity contribution in [2.75, 3.05) is 41.8 Å². The molecule has 2 amide bonds. The normalized spacial score (nSPS) is 13.6. The summed E-state index contributed by atoms with van der Waals surface area (Å²) < 4.78 is 44.3. The van der Waals surface area contributed by atoms with Crippen molar-refractivity contribution in [2.45, 2.75) is 13.1 Å². The molecule has 5 aromatic rings. The molecule has 4 aromatic carbocycles. The van der Waals surface area contributed by atoms with Crippen molar-refractivity contribution in [3.05, 3.63) is 107 Å². The second kappa shape index (κ2) is 11.8. The summed E-state index contributed by atoms with van der Waals surface area (Å²) in [5.74, 6) is -1.75. The number of hydrogen-bond acceptors (Lipinski definition) is 5. The van der Waals surface area contributed by atoms with E-state index >= 15 is 0 Å². The number of amides is 2. The van der Waals surface area contributed by atoms with E-state index in [1.165, 1.54) is 18.2 Å². The summed E-state index contributed by atoms with van der Waals surface area (Å²) in [5.41, 5.74) is 5.89. The Balaban J connectivity index is 1.13. The number of aromatic nitrogens is 2. The van der Waals surface area contributed by atoms with E-state index in [2.05, 4.69) is 25.5 Å². The molecule has 0 bridgehead atoms. The van der Waals surface area contributed by atoms with Gasteiger partial charge in [0.2, 0.25) is 5.82 Å². The van der Waals surface area contributed by atoms with Gasteiger partial charge in [0.1, 0.15) is 0 Å². The average Bonchev–Trinajstić information content (AvgIpc) is 3.47. The Morgan fingerprint density at radius 1 is 0.818 bits per heavy atom. The fourth-order valence-corrected chi connectivity index (χ4v) is 5.08. The lowest BCUT2D eigenvalue weighted by Crippen LogP contribution is -2.36. The van der Waals surface area contributed by atoms with Crippen LogP contribution in [0.1, 0.15) is 32.1 Å². The van der Waals surface area contributed by atoms with Crippen LogP contribution in [0.15, 0.2) is 84.9 Å². The molecular weight excluding hydrogens is 571 g/mol. The summed E-state index contributed by atoms with van der Waals surface area (Å²) in [4.78, 5) is 34.0. The van der Waals surface area contributed by atoms with Gasteiger partial charge in [-0.05, 0) is 90.3 Å². The van der Waals surface area contributed by atoms with Crippen LogP contribution in [0.3, 0.4) is 0 Å². The van der Waals surface area contributed by atoms with Crippen LogP contribution in [-0.2, 0) is 10.9 Å². The third-order valence-corrected chi connectivity index (χ3v) is 7.47. The number of carbonyl (C=O) groups is 2. The number of morpholine rings is 1. The lowest BCUT2D eigenvalue weighted by Gasteiger charge is -2.28. The number of anilines is 3. The van der Waals surface area contributed by atoms with Crippen LogP contribution in [0, 0.1) is 6.92 Å². The first-order valence-electron chi connectivity index (χ1n) is 14.0. The SMILES string of the molecule is Cc1ccc(C(=O)Nc2ccc(N3CCOCC3)cc2)cc1-c1ccc(C(=O)Nc2ccc3nc(C(F)(F)F)[nH]c3c2)cc1. The number of benzene rings is 4. The Labute approximate surface area is 250 Å². The number of aryl methyl sites for hydroxylation is 1. The maximum atomic E-state index is 13.1. The van der Waals surface area contributed by atoms with E-state index in [1.807, 2.05) is 43.3 Å². The number of nitrogens with zero attached hydrogens (tertiary/aromatic N) is 2. The van der Waals surface area contributed by atoms with Crippen LogP contribution in [0.4, 0.5) is 30.2 Å². The molecular formula is C33H28F3N5O3. The second-order valence-electron chi connectivity index (χ2n) is 10.5. The highest BCUT2D eigenvalue weighted by Crippen LogP contribution is 2.30. The summed E-state index contributed by atoms with van der Waals surface area (Å²) in [6.07, 6.45) is -4.60. The molecule has 0 atom stereocenters. The number of ether oxygens (including phenoxy) is 1. The monoisotopic (exact) mass is 599 g/mol. The molecule has 1 aromatic heterocycles. The summed E-state index contributed by atoms with van der Waals surface area (Å²) in [7, 11) is 0. The number of nitrogens with one attached hydrogen (secondary N) is 3. The number of hydrogen-bond donors (Lipinski definition) is 3. The molecule has 0 unspecified atom stereocenters. The van der Waals surface area contributed by atoms with Crippen molar-refractivity contribution >= 4 is 39.9 Å². The number of H-pyrrole nitrogens is 1.